The fourth-order valence-electron chi connectivity index (χ4n) is 3.93. The molecule has 170 valence electrons. The number of ether oxygens (including phenoxy) is 3. The molecule has 2 aromatic carbocycles. The van der Waals surface area contributed by atoms with Crippen LogP contribution in [0.1, 0.15) is 36.1 Å². The summed E-state index contributed by atoms with van der Waals surface area (Å²) in [6.45, 7) is 5.06. The number of aliphatic hydroxyl groups is 1. The Bertz CT molecular complexity index is 1010. The second-order valence-corrected chi connectivity index (χ2v) is 7.53. The van der Waals surface area contributed by atoms with E-state index in [-0.39, 0.29) is 11.3 Å². The summed E-state index contributed by atoms with van der Waals surface area (Å²) < 4.78 is 15.9. The number of aryl methyl sites for hydroxylation is 1. The van der Waals surface area contributed by atoms with E-state index in [4.69, 9.17) is 14.2 Å². The van der Waals surface area contributed by atoms with Gasteiger partial charge in [0, 0.05) is 25.8 Å². The van der Waals surface area contributed by atoms with Crippen LogP contribution in [0, 0.1) is 6.92 Å². The fraction of sp³-hybridized carbons (Fsp3) is 0.360. The van der Waals surface area contributed by atoms with E-state index in [0.717, 1.165) is 11.1 Å². The van der Waals surface area contributed by atoms with Crippen molar-refractivity contribution < 1.29 is 28.9 Å². The van der Waals surface area contributed by atoms with Crippen LogP contribution in [0.4, 0.5) is 0 Å². The number of hydrogen-bond donors (Lipinski definition) is 1. The Labute approximate surface area is 188 Å². The first-order valence-corrected chi connectivity index (χ1v) is 10.6. The number of rotatable bonds is 9. The fourth-order valence-corrected chi connectivity index (χ4v) is 3.93. The molecule has 1 fully saturated rings. The van der Waals surface area contributed by atoms with Crippen molar-refractivity contribution in [3.8, 4) is 11.5 Å². The van der Waals surface area contributed by atoms with E-state index in [9.17, 15) is 14.7 Å². The van der Waals surface area contributed by atoms with Gasteiger partial charge in [0.15, 0.2) is 0 Å². The lowest BCUT2D eigenvalue weighted by atomic mass is 9.94. The Morgan fingerprint density at radius 3 is 2.41 bits per heavy atom. The first kappa shape index (κ1) is 23.3. The number of carbonyl (C=O) groups is 2. The Kier molecular flexibility index (Phi) is 7.53. The molecule has 0 radical (unpaired) electrons. The smallest absolute Gasteiger partial charge is 0.295 e. The molecule has 0 saturated carbocycles. The van der Waals surface area contributed by atoms with Gasteiger partial charge >= 0.3 is 0 Å². The molecule has 0 bridgehead atoms. The maximum absolute atomic E-state index is 13.0. The number of hydrogen-bond acceptors (Lipinski definition) is 6. The van der Waals surface area contributed by atoms with Gasteiger partial charge in [0.2, 0.25) is 0 Å². The molecule has 2 aromatic rings. The summed E-state index contributed by atoms with van der Waals surface area (Å²) in [5.41, 5.74) is 2.05. The molecule has 0 aromatic heterocycles. The van der Waals surface area contributed by atoms with Gasteiger partial charge in [0.1, 0.15) is 17.3 Å². The summed E-state index contributed by atoms with van der Waals surface area (Å²) in [4.78, 5) is 27.4. The number of likely N-dealkylation sites (tertiary alicyclic amines) is 1. The van der Waals surface area contributed by atoms with Gasteiger partial charge in [-0.15, -0.1) is 0 Å². The molecule has 1 amide bonds. The molecule has 1 aliphatic heterocycles. The predicted molar refractivity (Wildman–Crippen MR) is 121 cm³/mol. The number of carbonyl (C=O) groups excluding carboxylic acids is 2. The van der Waals surface area contributed by atoms with Crippen LogP contribution >= 0.6 is 0 Å². The highest BCUT2D eigenvalue weighted by Crippen LogP contribution is 2.40. The van der Waals surface area contributed by atoms with Crippen molar-refractivity contribution >= 4 is 17.4 Å². The van der Waals surface area contributed by atoms with Crippen molar-refractivity contribution in [1.82, 2.24) is 4.90 Å². The third kappa shape index (κ3) is 4.62. The zero-order valence-electron chi connectivity index (χ0n) is 18.9. The van der Waals surface area contributed by atoms with Gasteiger partial charge in [-0.3, -0.25) is 9.59 Å². The van der Waals surface area contributed by atoms with Gasteiger partial charge in [0.25, 0.3) is 11.7 Å². The molecule has 1 saturated heterocycles. The van der Waals surface area contributed by atoms with Crippen LogP contribution in [0.25, 0.3) is 5.76 Å². The first-order valence-electron chi connectivity index (χ1n) is 10.6. The van der Waals surface area contributed by atoms with E-state index < -0.39 is 17.7 Å². The molecule has 0 unspecified atom stereocenters. The van der Waals surface area contributed by atoms with Gasteiger partial charge < -0.3 is 24.2 Å². The molecular weight excluding hydrogens is 410 g/mol. The largest absolute Gasteiger partial charge is 0.507 e. The minimum Gasteiger partial charge on any atom is -0.507 e. The minimum absolute atomic E-state index is 0.0705. The monoisotopic (exact) mass is 439 g/mol. The third-order valence-electron chi connectivity index (χ3n) is 5.46. The highest BCUT2D eigenvalue weighted by Gasteiger charge is 2.45. The molecule has 0 spiro atoms. The van der Waals surface area contributed by atoms with Crippen molar-refractivity contribution in [1.29, 1.82) is 0 Å². The van der Waals surface area contributed by atoms with Crippen molar-refractivity contribution in [2.75, 3.05) is 34.0 Å². The summed E-state index contributed by atoms with van der Waals surface area (Å²) in [6, 6.07) is 11.7. The second kappa shape index (κ2) is 10.3. The summed E-state index contributed by atoms with van der Waals surface area (Å²) in [5, 5.41) is 11.1. The van der Waals surface area contributed by atoms with Crippen LogP contribution in [0.2, 0.25) is 0 Å². The maximum atomic E-state index is 13.0. The number of Topliss-reactive ketones (excluding diaryl/α,β-unsaturated/α-hetero) is 1. The highest BCUT2D eigenvalue weighted by atomic mass is 16.5. The lowest BCUT2D eigenvalue weighted by molar-refractivity contribution is -0.140. The quantitative estimate of drug-likeness (QED) is 0.276. The van der Waals surface area contributed by atoms with Crippen LogP contribution in [-0.4, -0.2) is 55.7 Å². The maximum Gasteiger partial charge on any atom is 0.295 e. The molecule has 7 heteroatoms. The Morgan fingerprint density at radius 2 is 1.81 bits per heavy atom. The van der Waals surface area contributed by atoms with Crippen molar-refractivity contribution in [2.24, 2.45) is 0 Å². The number of ketones is 1. The van der Waals surface area contributed by atoms with Gasteiger partial charge in [-0.25, -0.2) is 0 Å². The van der Waals surface area contributed by atoms with E-state index in [1.807, 2.05) is 26.0 Å². The van der Waals surface area contributed by atoms with E-state index in [0.29, 0.717) is 43.2 Å². The topological polar surface area (TPSA) is 85.3 Å². The molecule has 3 rings (SSSR count). The molecule has 7 nitrogen and oxygen atoms in total. The van der Waals surface area contributed by atoms with Crippen molar-refractivity contribution in [2.45, 2.75) is 26.3 Å². The molecule has 1 heterocycles. The summed E-state index contributed by atoms with van der Waals surface area (Å²) in [5.74, 6) is -0.177. The predicted octanol–water partition coefficient (Wildman–Crippen LogP) is 3.86. The van der Waals surface area contributed by atoms with Gasteiger partial charge in [0.05, 0.1) is 25.3 Å². The van der Waals surface area contributed by atoms with E-state index in [2.05, 4.69) is 0 Å². The standard InChI is InChI=1S/C25H29NO6/c1-5-32-19-10-7-17(8-11-19)22-21(24(28)25(29)26(22)13-6-14-30-3)23(27)18-9-12-20(31-4)16(2)15-18/h7-12,15,22,27H,5-6,13-14H2,1-4H3/b23-21+/t22-/m0/s1. The van der Waals surface area contributed by atoms with Crippen LogP contribution in [0.3, 0.4) is 0 Å². The Morgan fingerprint density at radius 1 is 1.09 bits per heavy atom. The van der Waals surface area contributed by atoms with E-state index in [1.54, 1.807) is 44.6 Å². The van der Waals surface area contributed by atoms with Crippen LogP contribution in [-0.2, 0) is 14.3 Å². The van der Waals surface area contributed by atoms with Gasteiger partial charge in [-0.05, 0) is 61.7 Å². The van der Waals surface area contributed by atoms with Crippen LogP contribution in [0.15, 0.2) is 48.0 Å². The number of nitrogens with zero attached hydrogens (tertiary/aromatic N) is 1. The zero-order chi connectivity index (χ0) is 23.3. The van der Waals surface area contributed by atoms with Gasteiger partial charge in [-0.2, -0.15) is 0 Å². The molecular formula is C25H29NO6. The minimum atomic E-state index is -0.704. The van der Waals surface area contributed by atoms with E-state index >= 15 is 0 Å². The third-order valence-corrected chi connectivity index (χ3v) is 5.46. The second-order valence-electron chi connectivity index (χ2n) is 7.53. The summed E-state index contributed by atoms with van der Waals surface area (Å²) in [7, 11) is 3.16. The van der Waals surface area contributed by atoms with Crippen LogP contribution in [0.5, 0.6) is 11.5 Å². The van der Waals surface area contributed by atoms with Crippen molar-refractivity contribution in [3.63, 3.8) is 0 Å². The van der Waals surface area contributed by atoms with Crippen LogP contribution < -0.4 is 9.47 Å². The Balaban J connectivity index is 2.10. The first-order chi connectivity index (χ1) is 15.4. The number of aliphatic hydroxyl groups excluding tert-OH is 1. The molecule has 1 aliphatic rings. The van der Waals surface area contributed by atoms with Gasteiger partial charge in [-0.1, -0.05) is 12.1 Å². The molecule has 32 heavy (non-hydrogen) atoms. The molecule has 1 N–H and O–H groups in total. The molecule has 1 atom stereocenters. The number of methoxy groups -OCH3 is 2. The van der Waals surface area contributed by atoms with Crippen molar-refractivity contribution in [3.05, 3.63) is 64.7 Å². The average molecular weight is 440 g/mol. The Hall–Kier alpha value is -3.32. The lowest BCUT2D eigenvalue weighted by Gasteiger charge is -2.25. The number of amides is 1. The SMILES string of the molecule is CCOc1ccc([C@H]2/C(=C(\O)c3ccc(OC)c(C)c3)C(=O)C(=O)N2CCCOC)cc1. The summed E-state index contributed by atoms with van der Waals surface area (Å²) >= 11 is 0. The lowest BCUT2D eigenvalue weighted by Crippen LogP contribution is -2.31. The highest BCUT2D eigenvalue weighted by molar-refractivity contribution is 6.46. The normalized spacial score (nSPS) is 17.6. The average Bonchev–Trinajstić information content (AvgIpc) is 3.04. The van der Waals surface area contributed by atoms with E-state index in [1.165, 1.54) is 4.90 Å². The molecule has 0 aliphatic carbocycles. The zero-order valence-corrected chi connectivity index (χ0v) is 18.9. The summed E-state index contributed by atoms with van der Waals surface area (Å²) in [6.07, 6.45) is 0.568. The number of benzene rings is 2.